The molecule has 2 fully saturated rings. The average molecular weight is 308 g/mol. The fourth-order valence-corrected chi connectivity index (χ4v) is 4.20. The second-order valence-corrected chi connectivity index (χ2v) is 7.09. The SMILES string of the molecule is O=C(CCc1cccs1)N1CCN([C@H]2CCC[C@H]2O)CC1. The van der Waals surface area contributed by atoms with Crippen LogP contribution in [0.3, 0.4) is 0 Å². The molecule has 1 aliphatic heterocycles. The molecule has 1 N–H and O–H groups in total. The Morgan fingerprint density at radius 2 is 2.10 bits per heavy atom. The Kier molecular flexibility index (Phi) is 4.93. The molecule has 1 saturated heterocycles. The lowest BCUT2D eigenvalue weighted by atomic mass is 10.1. The van der Waals surface area contributed by atoms with E-state index in [0.717, 1.165) is 51.9 Å². The van der Waals surface area contributed by atoms with Gasteiger partial charge in [-0.15, -0.1) is 11.3 Å². The van der Waals surface area contributed by atoms with Gasteiger partial charge in [0.2, 0.25) is 5.91 Å². The molecule has 1 aromatic heterocycles. The minimum atomic E-state index is -0.161. The Hall–Kier alpha value is -0.910. The lowest BCUT2D eigenvalue weighted by molar-refractivity contribution is -0.133. The molecule has 2 atom stereocenters. The van der Waals surface area contributed by atoms with Crippen molar-refractivity contribution in [2.45, 2.75) is 44.2 Å². The van der Waals surface area contributed by atoms with Gasteiger partial charge < -0.3 is 10.0 Å². The maximum atomic E-state index is 12.2. The van der Waals surface area contributed by atoms with Gasteiger partial charge in [0.25, 0.3) is 0 Å². The molecular weight excluding hydrogens is 284 g/mol. The first-order chi connectivity index (χ1) is 10.2. The van der Waals surface area contributed by atoms with Crippen molar-refractivity contribution in [3.05, 3.63) is 22.4 Å². The smallest absolute Gasteiger partial charge is 0.223 e. The minimum Gasteiger partial charge on any atom is -0.391 e. The van der Waals surface area contributed by atoms with E-state index in [2.05, 4.69) is 16.3 Å². The zero-order chi connectivity index (χ0) is 14.7. The highest BCUT2D eigenvalue weighted by molar-refractivity contribution is 7.09. The lowest BCUT2D eigenvalue weighted by Gasteiger charge is -2.39. The lowest BCUT2D eigenvalue weighted by Crippen LogP contribution is -2.53. The minimum absolute atomic E-state index is 0.161. The van der Waals surface area contributed by atoms with E-state index in [0.29, 0.717) is 12.5 Å². The first kappa shape index (κ1) is 15.0. The largest absolute Gasteiger partial charge is 0.391 e. The monoisotopic (exact) mass is 308 g/mol. The highest BCUT2D eigenvalue weighted by Gasteiger charge is 2.33. The maximum Gasteiger partial charge on any atom is 0.223 e. The average Bonchev–Trinajstić information content (AvgIpc) is 3.16. The molecule has 0 bridgehead atoms. The summed E-state index contributed by atoms with van der Waals surface area (Å²) in [4.78, 5) is 17.9. The van der Waals surface area contributed by atoms with E-state index in [9.17, 15) is 9.90 Å². The number of carbonyl (C=O) groups excluding carboxylic acids is 1. The third kappa shape index (κ3) is 3.65. The van der Waals surface area contributed by atoms with E-state index in [1.807, 2.05) is 11.0 Å². The Bertz CT molecular complexity index is 455. The van der Waals surface area contributed by atoms with Crippen molar-refractivity contribution in [3.63, 3.8) is 0 Å². The Morgan fingerprint density at radius 3 is 2.71 bits per heavy atom. The quantitative estimate of drug-likeness (QED) is 0.921. The van der Waals surface area contributed by atoms with Crippen molar-refractivity contribution in [1.29, 1.82) is 0 Å². The van der Waals surface area contributed by atoms with Gasteiger partial charge in [-0.05, 0) is 37.1 Å². The normalized spacial score (nSPS) is 27.2. The van der Waals surface area contributed by atoms with E-state index in [-0.39, 0.29) is 12.0 Å². The number of rotatable bonds is 4. The van der Waals surface area contributed by atoms with Gasteiger partial charge in [0.05, 0.1) is 6.10 Å². The predicted molar refractivity (Wildman–Crippen MR) is 84.4 cm³/mol. The Balaban J connectivity index is 1.43. The van der Waals surface area contributed by atoms with E-state index in [1.54, 1.807) is 11.3 Å². The number of carbonyl (C=O) groups is 1. The molecule has 1 amide bonds. The van der Waals surface area contributed by atoms with Crippen LogP contribution in [-0.2, 0) is 11.2 Å². The highest BCUT2D eigenvalue weighted by atomic mass is 32.1. The fourth-order valence-electron chi connectivity index (χ4n) is 3.49. The number of hydrogen-bond acceptors (Lipinski definition) is 4. The number of aryl methyl sites for hydroxylation is 1. The van der Waals surface area contributed by atoms with Gasteiger partial charge in [0.1, 0.15) is 0 Å². The van der Waals surface area contributed by atoms with Crippen molar-refractivity contribution < 1.29 is 9.90 Å². The summed E-state index contributed by atoms with van der Waals surface area (Å²) in [6.07, 6.45) is 4.49. The molecule has 21 heavy (non-hydrogen) atoms. The van der Waals surface area contributed by atoms with Crippen LogP contribution in [0.5, 0.6) is 0 Å². The molecule has 1 aliphatic carbocycles. The van der Waals surface area contributed by atoms with Crippen LogP contribution in [-0.4, -0.2) is 59.1 Å². The van der Waals surface area contributed by atoms with Gasteiger partial charge in [-0.3, -0.25) is 9.69 Å². The summed E-state index contributed by atoms with van der Waals surface area (Å²) in [7, 11) is 0. The molecule has 0 unspecified atom stereocenters. The van der Waals surface area contributed by atoms with Crippen molar-refractivity contribution in [1.82, 2.24) is 9.80 Å². The molecule has 0 radical (unpaired) electrons. The molecule has 0 aromatic carbocycles. The molecule has 0 spiro atoms. The van der Waals surface area contributed by atoms with Crippen LogP contribution >= 0.6 is 11.3 Å². The summed E-state index contributed by atoms with van der Waals surface area (Å²) in [6, 6.07) is 4.46. The van der Waals surface area contributed by atoms with Crippen LogP contribution in [0, 0.1) is 0 Å². The molecule has 4 nitrogen and oxygen atoms in total. The Labute approximate surface area is 130 Å². The van der Waals surface area contributed by atoms with Gasteiger partial charge in [-0.1, -0.05) is 6.07 Å². The second-order valence-electron chi connectivity index (χ2n) is 6.06. The first-order valence-corrected chi connectivity index (χ1v) is 8.84. The first-order valence-electron chi connectivity index (χ1n) is 7.96. The maximum absolute atomic E-state index is 12.2. The topological polar surface area (TPSA) is 43.8 Å². The summed E-state index contributed by atoms with van der Waals surface area (Å²) in [5, 5.41) is 12.0. The third-order valence-corrected chi connectivity index (χ3v) is 5.68. The van der Waals surface area contributed by atoms with E-state index < -0.39 is 0 Å². The summed E-state index contributed by atoms with van der Waals surface area (Å²) >= 11 is 1.72. The van der Waals surface area contributed by atoms with Crippen molar-refractivity contribution >= 4 is 17.2 Å². The number of amides is 1. The molecule has 1 saturated carbocycles. The second kappa shape index (κ2) is 6.90. The van der Waals surface area contributed by atoms with E-state index in [4.69, 9.17) is 0 Å². The predicted octanol–water partition coefficient (Wildman–Crippen LogP) is 1.74. The summed E-state index contributed by atoms with van der Waals surface area (Å²) in [5.41, 5.74) is 0. The summed E-state index contributed by atoms with van der Waals surface area (Å²) in [5.74, 6) is 0.273. The van der Waals surface area contributed by atoms with Gasteiger partial charge in [0.15, 0.2) is 0 Å². The van der Waals surface area contributed by atoms with E-state index >= 15 is 0 Å². The highest BCUT2D eigenvalue weighted by Crippen LogP contribution is 2.25. The zero-order valence-corrected chi connectivity index (χ0v) is 13.2. The third-order valence-electron chi connectivity index (χ3n) is 4.75. The summed E-state index contributed by atoms with van der Waals surface area (Å²) in [6.45, 7) is 3.44. The van der Waals surface area contributed by atoms with Crippen LogP contribution in [0.2, 0.25) is 0 Å². The van der Waals surface area contributed by atoms with Crippen LogP contribution in [0.15, 0.2) is 17.5 Å². The number of piperazine rings is 1. The van der Waals surface area contributed by atoms with Crippen LogP contribution in [0.1, 0.15) is 30.6 Å². The molecular formula is C16H24N2O2S. The van der Waals surface area contributed by atoms with Crippen molar-refractivity contribution in [3.8, 4) is 0 Å². The van der Waals surface area contributed by atoms with Crippen molar-refractivity contribution in [2.75, 3.05) is 26.2 Å². The van der Waals surface area contributed by atoms with Crippen LogP contribution < -0.4 is 0 Å². The molecule has 3 rings (SSSR count). The number of thiophene rings is 1. The Morgan fingerprint density at radius 1 is 1.29 bits per heavy atom. The number of aliphatic hydroxyl groups excluding tert-OH is 1. The molecule has 5 heteroatoms. The molecule has 1 aromatic rings. The number of hydrogen-bond donors (Lipinski definition) is 1. The molecule has 2 aliphatic rings. The zero-order valence-electron chi connectivity index (χ0n) is 12.4. The van der Waals surface area contributed by atoms with Gasteiger partial charge >= 0.3 is 0 Å². The molecule has 116 valence electrons. The number of nitrogens with zero attached hydrogens (tertiary/aromatic N) is 2. The van der Waals surface area contributed by atoms with Gasteiger partial charge in [-0.2, -0.15) is 0 Å². The van der Waals surface area contributed by atoms with Crippen LogP contribution in [0.4, 0.5) is 0 Å². The van der Waals surface area contributed by atoms with Crippen molar-refractivity contribution in [2.24, 2.45) is 0 Å². The van der Waals surface area contributed by atoms with E-state index in [1.165, 1.54) is 4.88 Å². The summed E-state index contributed by atoms with van der Waals surface area (Å²) < 4.78 is 0. The number of aliphatic hydroxyl groups is 1. The standard InChI is InChI=1S/C16H24N2O2S/c19-15-5-1-4-14(15)17-8-10-18(11-9-17)16(20)7-6-13-3-2-12-21-13/h2-3,12,14-15,19H,1,4-11H2/t14-,15+/m0/s1. The van der Waals surface area contributed by atoms with Crippen LogP contribution in [0.25, 0.3) is 0 Å². The van der Waals surface area contributed by atoms with Gasteiger partial charge in [0, 0.05) is 43.5 Å². The van der Waals surface area contributed by atoms with Gasteiger partial charge in [-0.25, -0.2) is 0 Å². The fraction of sp³-hybridized carbons (Fsp3) is 0.688. The molecule has 2 heterocycles.